The van der Waals surface area contributed by atoms with Gasteiger partial charge in [0.2, 0.25) is 0 Å². The summed E-state index contributed by atoms with van der Waals surface area (Å²) in [7, 11) is 3.26. The number of carbonyl (C=O) groups is 1. The van der Waals surface area contributed by atoms with Crippen molar-refractivity contribution in [1.29, 1.82) is 0 Å². The Labute approximate surface area is 168 Å². The summed E-state index contributed by atoms with van der Waals surface area (Å²) < 4.78 is 16.5. The zero-order valence-electron chi connectivity index (χ0n) is 18.0. The van der Waals surface area contributed by atoms with Gasteiger partial charge in [0.15, 0.2) is 11.5 Å². The van der Waals surface area contributed by atoms with Gasteiger partial charge in [0.05, 0.1) is 14.2 Å². The van der Waals surface area contributed by atoms with Crippen LogP contribution in [0.25, 0.3) is 0 Å². The normalized spacial score (nSPS) is 11.7. The summed E-state index contributed by atoms with van der Waals surface area (Å²) in [4.78, 5) is 14.0. The van der Waals surface area contributed by atoms with Crippen LogP contribution in [0.3, 0.4) is 0 Å². The fraction of sp³-hybridized carbons (Fsp3) is 0.435. The summed E-state index contributed by atoms with van der Waals surface area (Å²) in [5.74, 6) is 1.95. The molecule has 2 rings (SSSR count). The van der Waals surface area contributed by atoms with E-state index in [4.69, 9.17) is 14.2 Å². The largest absolute Gasteiger partial charge is 0.496 e. The van der Waals surface area contributed by atoms with Gasteiger partial charge in [-0.3, -0.25) is 0 Å². The summed E-state index contributed by atoms with van der Waals surface area (Å²) in [5, 5.41) is 0. The Morgan fingerprint density at radius 1 is 0.929 bits per heavy atom. The molecular weight excluding hydrogens is 354 g/mol. The van der Waals surface area contributed by atoms with Gasteiger partial charge >= 0.3 is 6.09 Å². The molecule has 0 bridgehead atoms. The third kappa shape index (κ3) is 4.58. The van der Waals surface area contributed by atoms with Crippen LogP contribution in [0.2, 0.25) is 0 Å². The summed E-state index contributed by atoms with van der Waals surface area (Å²) in [6.45, 7) is 11.3. The number of rotatable bonds is 7. The maximum absolute atomic E-state index is 12.4. The summed E-state index contributed by atoms with van der Waals surface area (Å²) in [6, 6.07) is 9.97. The lowest BCUT2D eigenvalue weighted by Gasteiger charge is -2.21. The van der Waals surface area contributed by atoms with E-state index in [1.165, 1.54) is 5.56 Å². The van der Waals surface area contributed by atoms with Crippen molar-refractivity contribution >= 4 is 6.09 Å². The minimum atomic E-state index is -0.374. The van der Waals surface area contributed by atoms with Crippen LogP contribution < -0.4 is 14.2 Å². The van der Waals surface area contributed by atoms with E-state index in [-0.39, 0.29) is 12.0 Å². The van der Waals surface area contributed by atoms with Crippen LogP contribution in [0.1, 0.15) is 48.9 Å². The van der Waals surface area contributed by atoms with Crippen molar-refractivity contribution in [2.75, 3.05) is 27.3 Å². The smallest absolute Gasteiger partial charge is 0.415 e. The average molecular weight is 386 g/mol. The van der Waals surface area contributed by atoms with Gasteiger partial charge in [-0.2, -0.15) is 0 Å². The van der Waals surface area contributed by atoms with E-state index in [0.29, 0.717) is 24.6 Å². The number of carbonyl (C=O) groups excluding carboxylic acids is 1. The highest BCUT2D eigenvalue weighted by molar-refractivity contribution is 5.71. The SMILES string of the molecule is CCN(CC)C(=O)Oc1cc(C(C)c2cc(C)c(C)c(OC)c2)ccc1OC. The molecule has 0 spiro atoms. The second kappa shape index (κ2) is 9.49. The quantitative estimate of drug-likeness (QED) is 0.648. The van der Waals surface area contributed by atoms with Crippen LogP contribution in [-0.4, -0.2) is 38.3 Å². The van der Waals surface area contributed by atoms with Gasteiger partial charge < -0.3 is 19.1 Å². The number of methoxy groups -OCH3 is 2. The number of aryl methyl sites for hydroxylation is 1. The molecular formula is C23H31NO4. The second-order valence-electron chi connectivity index (χ2n) is 6.84. The fourth-order valence-corrected chi connectivity index (χ4v) is 3.19. The van der Waals surface area contributed by atoms with Crippen LogP contribution in [0.5, 0.6) is 17.2 Å². The minimum Gasteiger partial charge on any atom is -0.496 e. The van der Waals surface area contributed by atoms with Crippen LogP contribution in [0.15, 0.2) is 30.3 Å². The number of benzene rings is 2. The molecule has 1 atom stereocenters. The minimum absolute atomic E-state index is 0.102. The van der Waals surface area contributed by atoms with Crippen molar-refractivity contribution in [3.63, 3.8) is 0 Å². The topological polar surface area (TPSA) is 48.0 Å². The number of ether oxygens (including phenoxy) is 3. The van der Waals surface area contributed by atoms with Gasteiger partial charge in [0.25, 0.3) is 0 Å². The van der Waals surface area contributed by atoms with Crippen molar-refractivity contribution < 1.29 is 19.0 Å². The van der Waals surface area contributed by atoms with Gasteiger partial charge in [-0.15, -0.1) is 0 Å². The molecule has 28 heavy (non-hydrogen) atoms. The zero-order chi connectivity index (χ0) is 20.8. The van der Waals surface area contributed by atoms with E-state index in [2.05, 4.69) is 32.9 Å². The Hall–Kier alpha value is -2.69. The maximum Gasteiger partial charge on any atom is 0.415 e. The van der Waals surface area contributed by atoms with Crippen LogP contribution >= 0.6 is 0 Å². The van der Waals surface area contributed by atoms with E-state index >= 15 is 0 Å². The standard InChI is InChI=1S/C23H31NO4/c1-8-24(9-2)23(25)28-22-13-18(10-11-20(22)26-6)17(5)19-12-15(3)16(4)21(14-19)27-7/h10-14,17H,8-9H2,1-7H3. The number of hydrogen-bond acceptors (Lipinski definition) is 4. The first kappa shape index (κ1) is 21.6. The highest BCUT2D eigenvalue weighted by Gasteiger charge is 2.18. The van der Waals surface area contributed by atoms with Crippen LogP contribution in [0, 0.1) is 13.8 Å². The third-order valence-electron chi connectivity index (χ3n) is 5.27. The van der Waals surface area contributed by atoms with E-state index in [1.807, 2.05) is 32.0 Å². The maximum atomic E-state index is 12.4. The molecule has 0 fully saturated rings. The van der Waals surface area contributed by atoms with Gasteiger partial charge in [0.1, 0.15) is 5.75 Å². The Kier molecular flexibility index (Phi) is 7.32. The monoisotopic (exact) mass is 385 g/mol. The lowest BCUT2D eigenvalue weighted by molar-refractivity contribution is 0.155. The second-order valence-corrected chi connectivity index (χ2v) is 6.84. The van der Waals surface area contributed by atoms with Crippen LogP contribution in [-0.2, 0) is 0 Å². The van der Waals surface area contributed by atoms with Crippen molar-refractivity contribution in [2.45, 2.75) is 40.5 Å². The molecule has 0 N–H and O–H groups in total. The molecule has 0 aromatic heterocycles. The highest BCUT2D eigenvalue weighted by atomic mass is 16.6. The molecule has 2 aromatic carbocycles. The summed E-state index contributed by atoms with van der Waals surface area (Å²) in [5.41, 5.74) is 4.50. The van der Waals surface area contributed by atoms with E-state index in [0.717, 1.165) is 22.4 Å². The molecule has 2 aromatic rings. The van der Waals surface area contributed by atoms with Gasteiger partial charge in [0, 0.05) is 19.0 Å². The zero-order valence-corrected chi connectivity index (χ0v) is 18.0. The summed E-state index contributed by atoms with van der Waals surface area (Å²) in [6.07, 6.45) is -0.374. The Morgan fingerprint density at radius 2 is 1.54 bits per heavy atom. The highest BCUT2D eigenvalue weighted by Crippen LogP contribution is 2.36. The Balaban J connectivity index is 2.39. The van der Waals surface area contributed by atoms with Crippen molar-refractivity contribution in [1.82, 2.24) is 4.90 Å². The van der Waals surface area contributed by atoms with Gasteiger partial charge in [-0.25, -0.2) is 4.79 Å². The first-order valence-corrected chi connectivity index (χ1v) is 9.65. The van der Waals surface area contributed by atoms with Crippen molar-refractivity contribution in [2.24, 2.45) is 0 Å². The first-order valence-electron chi connectivity index (χ1n) is 9.65. The fourth-order valence-electron chi connectivity index (χ4n) is 3.19. The van der Waals surface area contributed by atoms with E-state index in [1.54, 1.807) is 19.1 Å². The Bertz CT molecular complexity index is 828. The third-order valence-corrected chi connectivity index (χ3v) is 5.27. The lowest BCUT2D eigenvalue weighted by Crippen LogP contribution is -2.33. The first-order chi connectivity index (χ1) is 13.4. The molecule has 5 heteroatoms. The average Bonchev–Trinajstić information content (AvgIpc) is 2.70. The molecule has 0 saturated heterocycles. The predicted octanol–water partition coefficient (Wildman–Crippen LogP) is 5.31. The molecule has 0 aliphatic rings. The molecule has 0 heterocycles. The predicted molar refractivity (Wildman–Crippen MR) is 112 cm³/mol. The van der Waals surface area contributed by atoms with Crippen molar-refractivity contribution in [3.8, 4) is 17.2 Å². The van der Waals surface area contributed by atoms with Crippen LogP contribution in [0.4, 0.5) is 4.79 Å². The number of nitrogens with zero attached hydrogens (tertiary/aromatic N) is 1. The molecule has 0 aliphatic carbocycles. The van der Waals surface area contributed by atoms with E-state index < -0.39 is 0 Å². The van der Waals surface area contributed by atoms with E-state index in [9.17, 15) is 4.79 Å². The molecule has 1 unspecified atom stereocenters. The summed E-state index contributed by atoms with van der Waals surface area (Å²) >= 11 is 0. The molecule has 5 nitrogen and oxygen atoms in total. The lowest BCUT2D eigenvalue weighted by atomic mass is 9.90. The van der Waals surface area contributed by atoms with Gasteiger partial charge in [-0.1, -0.05) is 19.1 Å². The molecule has 152 valence electrons. The van der Waals surface area contributed by atoms with Gasteiger partial charge in [-0.05, 0) is 68.1 Å². The molecule has 0 aliphatic heterocycles. The number of hydrogen-bond donors (Lipinski definition) is 0. The Morgan fingerprint density at radius 3 is 2.11 bits per heavy atom. The van der Waals surface area contributed by atoms with Crippen molar-refractivity contribution in [3.05, 3.63) is 52.6 Å². The molecule has 0 radical (unpaired) electrons. The number of amides is 1. The molecule has 1 amide bonds. The molecule has 0 saturated carbocycles.